The minimum atomic E-state index is -0.527. The van der Waals surface area contributed by atoms with Crippen LogP contribution in [0.1, 0.15) is 5.89 Å². The van der Waals surface area contributed by atoms with Gasteiger partial charge in [-0.1, -0.05) is 18.2 Å². The summed E-state index contributed by atoms with van der Waals surface area (Å²) in [4.78, 5) is 11.7. The third-order valence-corrected chi connectivity index (χ3v) is 3.37. The minimum Gasteiger partial charge on any atom is -0.497 e. The SMILES string of the molecule is COc1ccc(-c2nnc(CCNC(=O)Oc3ccccc3)o2)cc1. The summed E-state index contributed by atoms with van der Waals surface area (Å²) in [6.45, 7) is 0.329. The third kappa shape index (κ3) is 4.57. The molecule has 0 aliphatic rings. The topological polar surface area (TPSA) is 86.5 Å². The quantitative estimate of drug-likeness (QED) is 0.743. The molecule has 3 aromatic rings. The molecule has 0 aliphatic carbocycles. The van der Waals surface area contributed by atoms with Gasteiger partial charge in [0.2, 0.25) is 11.8 Å². The third-order valence-electron chi connectivity index (χ3n) is 3.37. The first-order valence-corrected chi connectivity index (χ1v) is 7.72. The molecular weight excluding hydrogens is 322 g/mol. The fourth-order valence-electron chi connectivity index (χ4n) is 2.11. The first-order valence-electron chi connectivity index (χ1n) is 7.72. The molecule has 25 heavy (non-hydrogen) atoms. The summed E-state index contributed by atoms with van der Waals surface area (Å²) in [6, 6.07) is 16.2. The van der Waals surface area contributed by atoms with Gasteiger partial charge in [-0.2, -0.15) is 0 Å². The number of amides is 1. The van der Waals surface area contributed by atoms with Gasteiger partial charge in [-0.15, -0.1) is 10.2 Å². The molecule has 0 aliphatic heterocycles. The van der Waals surface area contributed by atoms with Gasteiger partial charge >= 0.3 is 6.09 Å². The number of hydrogen-bond acceptors (Lipinski definition) is 6. The first-order chi connectivity index (χ1) is 12.2. The van der Waals surface area contributed by atoms with Crippen molar-refractivity contribution in [3.8, 4) is 23.0 Å². The van der Waals surface area contributed by atoms with Gasteiger partial charge in [0.25, 0.3) is 0 Å². The van der Waals surface area contributed by atoms with Crippen molar-refractivity contribution in [2.45, 2.75) is 6.42 Å². The molecule has 1 heterocycles. The number of nitrogens with one attached hydrogen (secondary N) is 1. The van der Waals surface area contributed by atoms with Crippen LogP contribution in [0, 0.1) is 0 Å². The van der Waals surface area contributed by atoms with Gasteiger partial charge in [0.15, 0.2) is 0 Å². The molecule has 2 aromatic carbocycles. The largest absolute Gasteiger partial charge is 0.497 e. The molecule has 0 saturated heterocycles. The monoisotopic (exact) mass is 339 g/mol. The van der Waals surface area contributed by atoms with E-state index < -0.39 is 6.09 Å². The van der Waals surface area contributed by atoms with E-state index in [9.17, 15) is 4.79 Å². The number of methoxy groups -OCH3 is 1. The van der Waals surface area contributed by atoms with Crippen LogP contribution in [0.25, 0.3) is 11.5 Å². The van der Waals surface area contributed by atoms with Crippen molar-refractivity contribution in [1.82, 2.24) is 15.5 Å². The molecule has 1 amide bonds. The summed E-state index contributed by atoms with van der Waals surface area (Å²) >= 11 is 0. The molecule has 7 nitrogen and oxygen atoms in total. The Balaban J connectivity index is 1.49. The normalized spacial score (nSPS) is 10.3. The van der Waals surface area contributed by atoms with E-state index in [-0.39, 0.29) is 0 Å². The van der Waals surface area contributed by atoms with Gasteiger partial charge in [-0.25, -0.2) is 4.79 Å². The molecule has 0 fully saturated rings. The number of carbonyl (C=O) groups excluding carboxylic acids is 1. The summed E-state index contributed by atoms with van der Waals surface area (Å²) in [7, 11) is 1.61. The van der Waals surface area contributed by atoms with E-state index in [0.717, 1.165) is 11.3 Å². The molecule has 1 N–H and O–H groups in total. The van der Waals surface area contributed by atoms with E-state index in [0.29, 0.717) is 30.5 Å². The van der Waals surface area contributed by atoms with Gasteiger partial charge in [0.05, 0.1) is 7.11 Å². The second-order valence-electron chi connectivity index (χ2n) is 5.11. The van der Waals surface area contributed by atoms with Crippen LogP contribution in [-0.4, -0.2) is 29.9 Å². The highest BCUT2D eigenvalue weighted by Gasteiger charge is 2.10. The molecule has 7 heteroatoms. The van der Waals surface area contributed by atoms with E-state index >= 15 is 0 Å². The maximum atomic E-state index is 11.7. The zero-order valence-electron chi connectivity index (χ0n) is 13.6. The molecule has 0 radical (unpaired) electrons. The van der Waals surface area contributed by atoms with E-state index in [1.807, 2.05) is 30.3 Å². The Bertz CT molecular complexity index is 816. The van der Waals surface area contributed by atoms with Crippen LogP contribution in [0.3, 0.4) is 0 Å². The lowest BCUT2D eigenvalue weighted by molar-refractivity contribution is 0.200. The summed E-state index contributed by atoms with van der Waals surface area (Å²) < 4.78 is 15.8. The number of ether oxygens (including phenoxy) is 2. The fourth-order valence-corrected chi connectivity index (χ4v) is 2.11. The maximum absolute atomic E-state index is 11.7. The number of carbonyl (C=O) groups is 1. The summed E-state index contributed by atoms with van der Waals surface area (Å²) in [5.74, 6) is 2.10. The smallest absolute Gasteiger partial charge is 0.412 e. The molecule has 128 valence electrons. The molecule has 0 bridgehead atoms. The van der Waals surface area contributed by atoms with Crippen LogP contribution in [-0.2, 0) is 6.42 Å². The van der Waals surface area contributed by atoms with Gasteiger partial charge in [0.1, 0.15) is 11.5 Å². The van der Waals surface area contributed by atoms with Crippen molar-refractivity contribution < 1.29 is 18.7 Å². The van der Waals surface area contributed by atoms with Crippen molar-refractivity contribution in [2.75, 3.05) is 13.7 Å². The number of hydrogen-bond donors (Lipinski definition) is 1. The summed E-state index contributed by atoms with van der Waals surface area (Å²) in [5, 5.41) is 10.6. The molecule has 0 unspecified atom stereocenters. The number of benzene rings is 2. The lowest BCUT2D eigenvalue weighted by Gasteiger charge is -2.04. The Morgan fingerprint density at radius 3 is 2.52 bits per heavy atom. The predicted octanol–water partition coefficient (Wildman–Crippen LogP) is 3.08. The summed E-state index contributed by atoms with van der Waals surface area (Å²) in [5.41, 5.74) is 0.802. The van der Waals surface area contributed by atoms with Crippen LogP contribution in [0.4, 0.5) is 4.79 Å². The van der Waals surface area contributed by atoms with Crippen molar-refractivity contribution in [3.05, 3.63) is 60.5 Å². The van der Waals surface area contributed by atoms with E-state index in [1.54, 1.807) is 31.4 Å². The Labute approximate surface area is 144 Å². The van der Waals surface area contributed by atoms with Gasteiger partial charge in [0, 0.05) is 18.5 Å². The highest BCUT2D eigenvalue weighted by Crippen LogP contribution is 2.21. The highest BCUT2D eigenvalue weighted by atomic mass is 16.6. The Morgan fingerprint density at radius 1 is 1.04 bits per heavy atom. The van der Waals surface area contributed by atoms with Crippen molar-refractivity contribution in [2.24, 2.45) is 0 Å². The first kappa shape index (κ1) is 16.5. The number of rotatable bonds is 6. The number of aromatic nitrogens is 2. The zero-order chi connectivity index (χ0) is 17.5. The average Bonchev–Trinajstić information content (AvgIpc) is 3.11. The van der Waals surface area contributed by atoms with Crippen molar-refractivity contribution in [1.29, 1.82) is 0 Å². The molecule has 3 rings (SSSR count). The zero-order valence-corrected chi connectivity index (χ0v) is 13.6. The Hall–Kier alpha value is -3.35. The van der Waals surface area contributed by atoms with Crippen LogP contribution in [0.5, 0.6) is 11.5 Å². The molecule has 0 atom stereocenters. The van der Waals surface area contributed by atoms with E-state index in [2.05, 4.69) is 15.5 Å². The van der Waals surface area contributed by atoms with Gasteiger partial charge in [-0.3, -0.25) is 0 Å². The van der Waals surface area contributed by atoms with Gasteiger partial charge in [-0.05, 0) is 36.4 Å². The minimum absolute atomic E-state index is 0.329. The molecular formula is C18H17N3O4. The Morgan fingerprint density at radius 2 is 1.80 bits per heavy atom. The molecule has 1 aromatic heterocycles. The number of nitrogens with zero attached hydrogens (tertiary/aromatic N) is 2. The standard InChI is InChI=1S/C18H17N3O4/c1-23-14-9-7-13(8-10-14)17-21-20-16(25-17)11-12-19-18(22)24-15-5-3-2-4-6-15/h2-10H,11-12H2,1H3,(H,19,22). The van der Waals surface area contributed by atoms with Crippen LogP contribution in [0.2, 0.25) is 0 Å². The number of para-hydroxylation sites is 1. The van der Waals surface area contributed by atoms with Crippen LogP contribution in [0.15, 0.2) is 59.0 Å². The lowest BCUT2D eigenvalue weighted by Crippen LogP contribution is -2.28. The van der Waals surface area contributed by atoms with Crippen LogP contribution >= 0.6 is 0 Å². The Kier molecular flexibility index (Phi) is 5.26. The average molecular weight is 339 g/mol. The second-order valence-corrected chi connectivity index (χ2v) is 5.11. The van der Waals surface area contributed by atoms with E-state index in [4.69, 9.17) is 13.9 Å². The molecule has 0 saturated carbocycles. The van der Waals surface area contributed by atoms with E-state index in [1.165, 1.54) is 0 Å². The highest BCUT2D eigenvalue weighted by molar-refractivity contribution is 5.70. The molecule has 0 spiro atoms. The van der Waals surface area contributed by atoms with Gasteiger partial charge < -0.3 is 19.2 Å². The predicted molar refractivity (Wildman–Crippen MR) is 90.5 cm³/mol. The maximum Gasteiger partial charge on any atom is 0.412 e. The van der Waals surface area contributed by atoms with Crippen molar-refractivity contribution >= 4 is 6.09 Å². The van der Waals surface area contributed by atoms with Crippen molar-refractivity contribution in [3.63, 3.8) is 0 Å². The second kappa shape index (κ2) is 7.96. The summed E-state index contributed by atoms with van der Waals surface area (Å²) in [6.07, 6.45) is -0.117. The lowest BCUT2D eigenvalue weighted by atomic mass is 10.2. The fraction of sp³-hybridized carbons (Fsp3) is 0.167. The van der Waals surface area contributed by atoms with Crippen LogP contribution < -0.4 is 14.8 Å².